The Kier molecular flexibility index (Phi) is 2.49. The van der Waals surface area contributed by atoms with Crippen LogP contribution in [0.4, 0.5) is 0 Å². The van der Waals surface area contributed by atoms with E-state index >= 15 is 0 Å². The summed E-state index contributed by atoms with van der Waals surface area (Å²) >= 11 is 3.28. The van der Waals surface area contributed by atoms with Crippen molar-refractivity contribution in [1.29, 1.82) is 0 Å². The van der Waals surface area contributed by atoms with Crippen molar-refractivity contribution in [1.82, 2.24) is 4.98 Å². The molecule has 0 saturated heterocycles. The predicted octanol–water partition coefficient (Wildman–Crippen LogP) is 2.24. The van der Waals surface area contributed by atoms with Crippen LogP contribution >= 0.6 is 15.9 Å². The highest BCUT2D eigenvalue weighted by Crippen LogP contribution is 2.27. The molecule has 0 amide bonds. The Morgan fingerprint density at radius 2 is 2.00 bits per heavy atom. The monoisotopic (exact) mass is 287 g/mol. The summed E-state index contributed by atoms with van der Waals surface area (Å²) in [5, 5.41) is 0.646. The summed E-state index contributed by atoms with van der Waals surface area (Å²) < 4.78 is 31.8. The number of benzene rings is 1. The first-order valence-electron chi connectivity index (χ1n) is 4.01. The van der Waals surface area contributed by atoms with Crippen molar-refractivity contribution in [3.8, 4) is 0 Å². The number of aromatic nitrogens is 1. The van der Waals surface area contributed by atoms with Gasteiger partial charge in [-0.1, -0.05) is 22.0 Å². The fourth-order valence-electron chi connectivity index (χ4n) is 1.32. The number of halogens is 1. The quantitative estimate of drug-likeness (QED) is 0.817. The van der Waals surface area contributed by atoms with Crippen LogP contribution in [0.3, 0.4) is 0 Å². The molecule has 1 aromatic heterocycles. The third-order valence-electron chi connectivity index (χ3n) is 1.96. The maximum absolute atomic E-state index is 11.1. The largest absolute Gasteiger partial charge is 0.296 e. The molecule has 0 atom stereocenters. The van der Waals surface area contributed by atoms with Crippen LogP contribution in [-0.2, 0) is 10.1 Å². The number of hydrogen-bond donors (Lipinski definition) is 1. The molecule has 0 spiro atoms. The Balaban J connectivity index is 2.96. The van der Waals surface area contributed by atoms with Gasteiger partial charge in [0.05, 0.1) is 5.52 Å². The molecular weight excluding hydrogens is 282 g/mol. The average Bonchev–Trinajstić information content (AvgIpc) is 2.17. The first-order valence-corrected chi connectivity index (χ1v) is 6.24. The summed E-state index contributed by atoms with van der Waals surface area (Å²) in [6.07, 6.45) is 1.48. The maximum atomic E-state index is 11.1. The molecule has 0 aliphatic rings. The summed E-state index contributed by atoms with van der Waals surface area (Å²) in [6.45, 7) is 0. The van der Waals surface area contributed by atoms with Gasteiger partial charge in [-0.25, -0.2) is 0 Å². The first-order chi connectivity index (χ1) is 7.00. The topological polar surface area (TPSA) is 67.3 Å². The van der Waals surface area contributed by atoms with E-state index in [-0.39, 0.29) is 10.4 Å². The van der Waals surface area contributed by atoms with Crippen LogP contribution in [-0.4, -0.2) is 18.0 Å². The van der Waals surface area contributed by atoms with Crippen molar-refractivity contribution in [2.75, 3.05) is 0 Å². The van der Waals surface area contributed by atoms with E-state index in [9.17, 15) is 8.42 Å². The minimum atomic E-state index is -4.23. The van der Waals surface area contributed by atoms with E-state index in [4.69, 9.17) is 4.55 Å². The fourth-order valence-corrected chi connectivity index (χ4v) is 2.42. The second-order valence-corrected chi connectivity index (χ2v) is 5.16. The van der Waals surface area contributed by atoms with Gasteiger partial charge in [0, 0.05) is 16.1 Å². The zero-order chi connectivity index (χ0) is 11.1. The molecule has 78 valence electrons. The normalized spacial score (nSPS) is 11.9. The number of nitrogens with zero attached hydrogens (tertiary/aromatic N) is 1. The van der Waals surface area contributed by atoms with Gasteiger partial charge in [0.2, 0.25) is 0 Å². The van der Waals surface area contributed by atoms with Crippen LogP contribution in [0.5, 0.6) is 0 Å². The predicted molar refractivity (Wildman–Crippen MR) is 59.3 cm³/mol. The Bertz CT molecular complexity index is 624. The minimum absolute atomic E-state index is 0.179. The maximum Gasteiger partial charge on any atom is 0.296 e. The summed E-state index contributed by atoms with van der Waals surface area (Å²) in [5.74, 6) is 0. The van der Waals surface area contributed by atoms with E-state index < -0.39 is 10.1 Å². The van der Waals surface area contributed by atoms with Gasteiger partial charge < -0.3 is 0 Å². The van der Waals surface area contributed by atoms with Crippen molar-refractivity contribution in [3.05, 3.63) is 34.9 Å². The highest BCUT2D eigenvalue weighted by molar-refractivity contribution is 9.10. The number of fused-ring (bicyclic) bond motifs is 1. The molecule has 2 rings (SSSR count). The number of hydrogen-bond acceptors (Lipinski definition) is 3. The Morgan fingerprint density at radius 3 is 2.67 bits per heavy atom. The van der Waals surface area contributed by atoms with Gasteiger partial charge in [-0.2, -0.15) is 8.42 Å². The smallest absolute Gasteiger partial charge is 0.282 e. The van der Waals surface area contributed by atoms with Crippen molar-refractivity contribution in [2.45, 2.75) is 4.90 Å². The molecule has 0 saturated carbocycles. The van der Waals surface area contributed by atoms with Crippen molar-refractivity contribution in [3.63, 3.8) is 0 Å². The molecule has 0 fully saturated rings. The lowest BCUT2D eigenvalue weighted by atomic mass is 10.2. The van der Waals surface area contributed by atoms with Gasteiger partial charge in [0.25, 0.3) is 10.1 Å². The Morgan fingerprint density at radius 1 is 1.27 bits per heavy atom. The van der Waals surface area contributed by atoms with E-state index in [1.807, 2.05) is 0 Å². The van der Waals surface area contributed by atoms with E-state index in [1.54, 1.807) is 18.2 Å². The van der Waals surface area contributed by atoms with E-state index in [1.165, 1.54) is 12.3 Å². The molecule has 1 aromatic carbocycles. The van der Waals surface area contributed by atoms with Gasteiger partial charge in [0.15, 0.2) is 0 Å². The summed E-state index contributed by atoms with van der Waals surface area (Å²) in [4.78, 5) is 3.76. The Hall–Kier alpha value is -0.980. The lowest BCUT2D eigenvalue weighted by Gasteiger charge is -2.03. The zero-order valence-corrected chi connectivity index (χ0v) is 9.79. The van der Waals surface area contributed by atoms with Gasteiger partial charge >= 0.3 is 0 Å². The second kappa shape index (κ2) is 3.55. The molecule has 6 heteroatoms. The van der Waals surface area contributed by atoms with Crippen molar-refractivity contribution >= 4 is 37.0 Å². The third-order valence-corrected chi connectivity index (χ3v) is 3.53. The molecule has 1 heterocycles. The molecule has 2 aromatic rings. The highest BCUT2D eigenvalue weighted by Gasteiger charge is 2.15. The molecule has 15 heavy (non-hydrogen) atoms. The molecule has 0 aliphatic heterocycles. The van der Waals surface area contributed by atoms with Gasteiger partial charge in [-0.15, -0.1) is 0 Å². The standard InChI is InChI=1S/C9H6BrNO3S/c10-7-3-4-8(15(12,13)14)9-6(7)2-1-5-11-9/h1-5H,(H,12,13,14). The second-order valence-electron chi connectivity index (χ2n) is 2.92. The average molecular weight is 288 g/mol. The summed E-state index contributed by atoms with van der Waals surface area (Å²) in [6, 6.07) is 6.30. The van der Waals surface area contributed by atoms with E-state index in [2.05, 4.69) is 20.9 Å². The van der Waals surface area contributed by atoms with E-state index in [0.717, 1.165) is 4.47 Å². The Labute approximate surface area is 94.8 Å². The van der Waals surface area contributed by atoms with Crippen LogP contribution in [0, 0.1) is 0 Å². The molecule has 0 radical (unpaired) electrons. The van der Waals surface area contributed by atoms with Gasteiger partial charge in [-0.3, -0.25) is 9.54 Å². The van der Waals surface area contributed by atoms with Crippen LogP contribution in [0.1, 0.15) is 0 Å². The summed E-state index contributed by atoms with van der Waals surface area (Å²) in [5.41, 5.74) is 0.259. The minimum Gasteiger partial charge on any atom is -0.282 e. The van der Waals surface area contributed by atoms with E-state index in [0.29, 0.717) is 5.39 Å². The SMILES string of the molecule is O=S(=O)(O)c1ccc(Br)c2cccnc12. The van der Waals surface area contributed by atoms with Gasteiger partial charge in [-0.05, 0) is 18.2 Å². The van der Waals surface area contributed by atoms with Crippen LogP contribution in [0.15, 0.2) is 39.8 Å². The van der Waals surface area contributed by atoms with Crippen LogP contribution in [0.25, 0.3) is 10.9 Å². The first kappa shape index (κ1) is 10.5. The van der Waals surface area contributed by atoms with Crippen LogP contribution in [0.2, 0.25) is 0 Å². The molecule has 0 aliphatic carbocycles. The number of rotatable bonds is 1. The lowest BCUT2D eigenvalue weighted by molar-refractivity contribution is 0.484. The third kappa shape index (κ3) is 1.88. The lowest BCUT2D eigenvalue weighted by Crippen LogP contribution is -2.00. The van der Waals surface area contributed by atoms with Gasteiger partial charge in [0.1, 0.15) is 4.90 Å². The molecule has 4 nitrogen and oxygen atoms in total. The van der Waals surface area contributed by atoms with Crippen molar-refractivity contribution in [2.24, 2.45) is 0 Å². The fraction of sp³-hybridized carbons (Fsp3) is 0. The highest BCUT2D eigenvalue weighted by atomic mass is 79.9. The molecule has 1 N–H and O–H groups in total. The van der Waals surface area contributed by atoms with Crippen LogP contribution < -0.4 is 0 Å². The molecular formula is C9H6BrNO3S. The van der Waals surface area contributed by atoms with Crippen molar-refractivity contribution < 1.29 is 13.0 Å². The zero-order valence-electron chi connectivity index (χ0n) is 7.38. The summed E-state index contributed by atoms with van der Waals surface area (Å²) in [7, 11) is -4.23. The number of pyridine rings is 1. The molecule has 0 unspecified atom stereocenters. The molecule has 0 bridgehead atoms.